The van der Waals surface area contributed by atoms with Gasteiger partial charge >= 0.3 is 0 Å². The van der Waals surface area contributed by atoms with E-state index in [2.05, 4.69) is 35.0 Å². The molecule has 2 rings (SSSR count). The molecule has 0 saturated heterocycles. The van der Waals surface area contributed by atoms with Gasteiger partial charge in [0.15, 0.2) is 0 Å². The highest BCUT2D eigenvalue weighted by Gasteiger charge is 2.36. The first-order valence-corrected chi connectivity index (χ1v) is 7.81. The number of rotatable bonds is 3. The molecule has 0 aromatic heterocycles. The minimum atomic E-state index is -0.137. The van der Waals surface area contributed by atoms with Gasteiger partial charge in [-0.1, -0.05) is 54.2 Å². The Kier molecular flexibility index (Phi) is 4.67. The van der Waals surface area contributed by atoms with Crippen molar-refractivity contribution >= 4 is 21.8 Å². The lowest BCUT2D eigenvalue weighted by atomic mass is 9.74. The topological polar surface area (TPSA) is 20.3 Å². The van der Waals surface area contributed by atoms with E-state index in [1.165, 1.54) is 24.8 Å². The normalized spacial score (nSPS) is 18.1. The third-order valence-electron chi connectivity index (χ3n) is 4.15. The fourth-order valence-electron chi connectivity index (χ4n) is 2.94. The van der Waals surface area contributed by atoms with Crippen LogP contribution in [0, 0.1) is 5.41 Å². The van der Waals surface area contributed by atoms with Gasteiger partial charge in [0.1, 0.15) is 0 Å². The molecule has 1 fully saturated rings. The van der Waals surface area contributed by atoms with Crippen molar-refractivity contribution in [3.05, 3.63) is 34.3 Å². The second-order valence-corrected chi connectivity index (χ2v) is 6.82. The Morgan fingerprint density at radius 2 is 1.79 bits per heavy atom. The second kappa shape index (κ2) is 6.08. The standard InChI is InChI=1S/C16H22BrNO/c1-16(10-4-3-5-11-16)15(19)18(2)12-13-6-8-14(17)9-7-13/h6-9H,3-5,10-12H2,1-2H3. The van der Waals surface area contributed by atoms with Gasteiger partial charge in [0, 0.05) is 23.5 Å². The van der Waals surface area contributed by atoms with Crippen LogP contribution < -0.4 is 0 Å². The largest absolute Gasteiger partial charge is 0.341 e. The van der Waals surface area contributed by atoms with Gasteiger partial charge in [0.2, 0.25) is 5.91 Å². The highest BCUT2D eigenvalue weighted by Crippen LogP contribution is 2.37. The predicted molar refractivity (Wildman–Crippen MR) is 81.8 cm³/mol. The quantitative estimate of drug-likeness (QED) is 0.808. The van der Waals surface area contributed by atoms with Gasteiger partial charge in [-0.3, -0.25) is 4.79 Å². The molecule has 1 amide bonds. The number of benzene rings is 1. The summed E-state index contributed by atoms with van der Waals surface area (Å²) in [4.78, 5) is 14.5. The third kappa shape index (κ3) is 3.59. The Labute approximate surface area is 124 Å². The number of nitrogens with zero attached hydrogens (tertiary/aromatic N) is 1. The number of carbonyl (C=O) groups is 1. The van der Waals surface area contributed by atoms with Crippen molar-refractivity contribution in [2.24, 2.45) is 5.41 Å². The molecular weight excluding hydrogens is 302 g/mol. The van der Waals surface area contributed by atoms with Crippen LogP contribution in [-0.4, -0.2) is 17.9 Å². The number of hydrogen-bond acceptors (Lipinski definition) is 1. The Morgan fingerprint density at radius 1 is 1.21 bits per heavy atom. The van der Waals surface area contributed by atoms with Gasteiger partial charge in [-0.15, -0.1) is 0 Å². The molecule has 0 bridgehead atoms. The maximum atomic E-state index is 12.6. The summed E-state index contributed by atoms with van der Waals surface area (Å²) >= 11 is 3.43. The predicted octanol–water partition coefficient (Wildman–Crippen LogP) is 4.38. The number of carbonyl (C=O) groups excluding carboxylic acids is 1. The minimum Gasteiger partial charge on any atom is -0.341 e. The van der Waals surface area contributed by atoms with Crippen molar-refractivity contribution in [3.63, 3.8) is 0 Å². The van der Waals surface area contributed by atoms with E-state index in [0.29, 0.717) is 12.5 Å². The molecule has 19 heavy (non-hydrogen) atoms. The van der Waals surface area contributed by atoms with E-state index in [1.54, 1.807) is 0 Å². The van der Waals surface area contributed by atoms with Gasteiger partial charge in [-0.2, -0.15) is 0 Å². The Hall–Kier alpha value is -0.830. The number of hydrogen-bond donors (Lipinski definition) is 0. The van der Waals surface area contributed by atoms with Crippen LogP contribution in [0.1, 0.15) is 44.6 Å². The Balaban J connectivity index is 2.00. The molecule has 1 saturated carbocycles. The van der Waals surface area contributed by atoms with Gasteiger partial charge in [-0.25, -0.2) is 0 Å². The molecule has 0 unspecified atom stereocenters. The molecule has 0 spiro atoms. The first kappa shape index (κ1) is 14.6. The average molecular weight is 324 g/mol. The highest BCUT2D eigenvalue weighted by molar-refractivity contribution is 9.10. The van der Waals surface area contributed by atoms with E-state index >= 15 is 0 Å². The summed E-state index contributed by atoms with van der Waals surface area (Å²) in [5.74, 6) is 0.301. The lowest BCUT2D eigenvalue weighted by Crippen LogP contribution is -2.41. The second-order valence-electron chi connectivity index (χ2n) is 5.91. The Bertz CT molecular complexity index is 435. The third-order valence-corrected chi connectivity index (χ3v) is 4.68. The van der Waals surface area contributed by atoms with Crippen LogP contribution >= 0.6 is 15.9 Å². The van der Waals surface area contributed by atoms with Gasteiger partial charge in [-0.05, 0) is 30.5 Å². The zero-order valence-electron chi connectivity index (χ0n) is 11.8. The molecule has 0 aliphatic heterocycles. The Morgan fingerprint density at radius 3 is 2.37 bits per heavy atom. The molecule has 1 aliphatic rings. The van der Waals surface area contributed by atoms with Crippen LogP contribution in [0.2, 0.25) is 0 Å². The van der Waals surface area contributed by atoms with E-state index in [1.807, 2.05) is 24.1 Å². The van der Waals surface area contributed by atoms with E-state index in [9.17, 15) is 4.79 Å². The summed E-state index contributed by atoms with van der Waals surface area (Å²) in [6, 6.07) is 8.18. The van der Waals surface area contributed by atoms with Crippen molar-refractivity contribution < 1.29 is 4.79 Å². The van der Waals surface area contributed by atoms with Crippen molar-refractivity contribution in [3.8, 4) is 0 Å². The molecule has 2 nitrogen and oxygen atoms in total. The summed E-state index contributed by atoms with van der Waals surface area (Å²) in [7, 11) is 1.92. The lowest BCUT2D eigenvalue weighted by Gasteiger charge is -2.35. The van der Waals surface area contributed by atoms with Crippen LogP contribution in [-0.2, 0) is 11.3 Å². The summed E-state index contributed by atoms with van der Waals surface area (Å²) in [6.07, 6.45) is 5.73. The average Bonchev–Trinajstić information content (AvgIpc) is 2.41. The SMILES string of the molecule is CN(Cc1ccc(Br)cc1)C(=O)C1(C)CCCCC1. The van der Waals surface area contributed by atoms with Crippen LogP contribution in [0.3, 0.4) is 0 Å². The first-order valence-electron chi connectivity index (χ1n) is 7.01. The van der Waals surface area contributed by atoms with Crippen molar-refractivity contribution in [1.29, 1.82) is 0 Å². The van der Waals surface area contributed by atoms with Gasteiger partial charge < -0.3 is 4.90 Å². The van der Waals surface area contributed by atoms with E-state index in [4.69, 9.17) is 0 Å². The summed E-state index contributed by atoms with van der Waals surface area (Å²) < 4.78 is 1.07. The lowest BCUT2D eigenvalue weighted by molar-refractivity contribution is -0.142. The maximum Gasteiger partial charge on any atom is 0.228 e. The van der Waals surface area contributed by atoms with Crippen molar-refractivity contribution in [2.45, 2.75) is 45.6 Å². The highest BCUT2D eigenvalue weighted by atomic mass is 79.9. The number of amides is 1. The van der Waals surface area contributed by atoms with Crippen molar-refractivity contribution in [1.82, 2.24) is 4.90 Å². The summed E-state index contributed by atoms with van der Waals surface area (Å²) in [6.45, 7) is 2.83. The fraction of sp³-hybridized carbons (Fsp3) is 0.562. The van der Waals surface area contributed by atoms with E-state index in [0.717, 1.165) is 17.3 Å². The molecular formula is C16H22BrNO. The fourth-order valence-corrected chi connectivity index (χ4v) is 3.21. The molecule has 1 aliphatic carbocycles. The number of halogens is 1. The van der Waals surface area contributed by atoms with Crippen LogP contribution in [0.15, 0.2) is 28.7 Å². The zero-order valence-corrected chi connectivity index (χ0v) is 13.4. The molecule has 1 aromatic carbocycles. The van der Waals surface area contributed by atoms with E-state index in [-0.39, 0.29) is 5.41 Å². The summed E-state index contributed by atoms with van der Waals surface area (Å²) in [5, 5.41) is 0. The zero-order chi connectivity index (χ0) is 13.9. The van der Waals surface area contributed by atoms with Gasteiger partial charge in [0.05, 0.1) is 0 Å². The van der Waals surface area contributed by atoms with E-state index < -0.39 is 0 Å². The monoisotopic (exact) mass is 323 g/mol. The van der Waals surface area contributed by atoms with Gasteiger partial charge in [0.25, 0.3) is 0 Å². The minimum absolute atomic E-state index is 0.137. The molecule has 0 N–H and O–H groups in total. The molecule has 0 atom stereocenters. The molecule has 0 heterocycles. The molecule has 1 aromatic rings. The smallest absolute Gasteiger partial charge is 0.228 e. The van der Waals surface area contributed by atoms with Crippen LogP contribution in [0.5, 0.6) is 0 Å². The maximum absolute atomic E-state index is 12.6. The van der Waals surface area contributed by atoms with Crippen molar-refractivity contribution in [2.75, 3.05) is 7.05 Å². The molecule has 3 heteroatoms. The first-order chi connectivity index (χ1) is 9.01. The summed E-state index contributed by atoms with van der Waals surface area (Å²) in [5.41, 5.74) is 1.04. The molecule has 0 radical (unpaired) electrons. The molecule has 104 valence electrons. The van der Waals surface area contributed by atoms with Crippen LogP contribution in [0.4, 0.5) is 0 Å². The van der Waals surface area contributed by atoms with Crippen LogP contribution in [0.25, 0.3) is 0 Å².